The lowest BCUT2D eigenvalue weighted by atomic mass is 10.0. The Kier molecular flexibility index (Phi) is 4.12. The molecule has 4 rings (SSSR count). The van der Waals surface area contributed by atoms with Crippen LogP contribution >= 0.6 is 0 Å². The molecule has 0 spiro atoms. The maximum absolute atomic E-state index is 13.5. The Morgan fingerprint density at radius 2 is 2.08 bits per heavy atom. The van der Waals surface area contributed by atoms with Gasteiger partial charge in [-0.2, -0.15) is 0 Å². The number of nitrogens with zero attached hydrogens (tertiary/aromatic N) is 5. The molecule has 0 atom stereocenters. The van der Waals surface area contributed by atoms with E-state index in [0.717, 1.165) is 11.3 Å². The molecule has 0 saturated heterocycles. The summed E-state index contributed by atoms with van der Waals surface area (Å²) in [6.07, 6.45) is 5.72. The highest BCUT2D eigenvalue weighted by atomic mass is 19.1. The van der Waals surface area contributed by atoms with Crippen molar-refractivity contribution in [1.29, 1.82) is 0 Å². The lowest BCUT2D eigenvalue weighted by Gasteiger charge is -2.29. The van der Waals surface area contributed by atoms with E-state index in [1.54, 1.807) is 35.6 Å². The average Bonchev–Trinajstić information content (AvgIpc) is 2.65. The summed E-state index contributed by atoms with van der Waals surface area (Å²) < 4.78 is 13.5. The molecule has 0 bridgehead atoms. The number of hydrogen-bond donors (Lipinski definition) is 0. The van der Waals surface area contributed by atoms with Crippen molar-refractivity contribution in [2.45, 2.75) is 26.3 Å². The Morgan fingerprint density at radius 3 is 2.85 bits per heavy atom. The summed E-state index contributed by atoms with van der Waals surface area (Å²) in [5, 5.41) is 0. The van der Waals surface area contributed by atoms with Crippen LogP contribution in [0.25, 0.3) is 11.5 Å². The molecule has 1 aliphatic rings. The summed E-state index contributed by atoms with van der Waals surface area (Å²) >= 11 is 0. The molecule has 3 aromatic rings. The maximum Gasteiger partial charge on any atom is 0.228 e. The quantitative estimate of drug-likeness (QED) is 0.727. The average molecular weight is 349 g/mol. The van der Waals surface area contributed by atoms with E-state index in [4.69, 9.17) is 0 Å². The van der Waals surface area contributed by atoms with Gasteiger partial charge in [-0.3, -0.25) is 14.7 Å². The monoisotopic (exact) mass is 349 g/mol. The van der Waals surface area contributed by atoms with Crippen LogP contribution in [0.4, 0.5) is 10.2 Å². The molecule has 3 heterocycles. The molecule has 130 valence electrons. The van der Waals surface area contributed by atoms with Gasteiger partial charge in [0.25, 0.3) is 0 Å². The van der Waals surface area contributed by atoms with Gasteiger partial charge in [-0.25, -0.2) is 19.3 Å². The van der Waals surface area contributed by atoms with E-state index in [-0.39, 0.29) is 18.3 Å². The van der Waals surface area contributed by atoms with Crippen LogP contribution in [-0.4, -0.2) is 25.8 Å². The van der Waals surface area contributed by atoms with Crippen molar-refractivity contribution in [3.05, 3.63) is 65.5 Å². The van der Waals surface area contributed by atoms with Gasteiger partial charge in [-0.05, 0) is 31.0 Å². The zero-order chi connectivity index (χ0) is 18.1. The van der Waals surface area contributed by atoms with E-state index in [0.29, 0.717) is 35.7 Å². The first kappa shape index (κ1) is 16.3. The first-order valence-corrected chi connectivity index (χ1v) is 8.30. The first-order valence-electron chi connectivity index (χ1n) is 8.30. The highest BCUT2D eigenvalue weighted by Gasteiger charge is 2.28. The van der Waals surface area contributed by atoms with E-state index in [9.17, 15) is 9.18 Å². The van der Waals surface area contributed by atoms with Gasteiger partial charge in [-0.15, -0.1) is 0 Å². The molecule has 0 unspecified atom stereocenters. The normalized spacial score (nSPS) is 13.6. The van der Waals surface area contributed by atoms with Crippen molar-refractivity contribution in [2.24, 2.45) is 0 Å². The number of halogens is 1. The Bertz CT molecular complexity index is 977. The minimum atomic E-state index is -0.328. The summed E-state index contributed by atoms with van der Waals surface area (Å²) in [6.45, 7) is 2.16. The van der Waals surface area contributed by atoms with Gasteiger partial charge in [0, 0.05) is 30.1 Å². The Labute approximate surface area is 149 Å². The van der Waals surface area contributed by atoms with Crippen LogP contribution in [0.15, 0.2) is 42.9 Å². The number of aryl methyl sites for hydroxylation is 1. The fourth-order valence-electron chi connectivity index (χ4n) is 3.09. The highest BCUT2D eigenvalue weighted by molar-refractivity contribution is 5.95. The Balaban J connectivity index is 1.78. The zero-order valence-electron chi connectivity index (χ0n) is 14.2. The van der Waals surface area contributed by atoms with Crippen LogP contribution in [-0.2, 0) is 17.8 Å². The lowest BCUT2D eigenvalue weighted by molar-refractivity contribution is -0.119. The number of amides is 1. The molecule has 1 aliphatic heterocycles. The summed E-state index contributed by atoms with van der Waals surface area (Å²) in [7, 11) is 0. The third-order valence-corrected chi connectivity index (χ3v) is 4.36. The molecule has 1 amide bonds. The molecule has 0 N–H and O–H groups in total. The number of rotatable bonds is 3. The van der Waals surface area contributed by atoms with Crippen molar-refractivity contribution in [2.75, 3.05) is 4.90 Å². The minimum absolute atomic E-state index is 0.0371. The molecule has 1 aromatic carbocycles. The summed E-state index contributed by atoms with van der Waals surface area (Å²) in [5.41, 5.74) is 3.01. The number of carbonyl (C=O) groups excluding carboxylic acids is 1. The number of hydrogen-bond acceptors (Lipinski definition) is 5. The summed E-state index contributed by atoms with van der Waals surface area (Å²) in [6, 6.07) is 6.24. The van der Waals surface area contributed by atoms with Crippen molar-refractivity contribution >= 4 is 11.7 Å². The van der Waals surface area contributed by atoms with E-state index in [1.165, 1.54) is 12.1 Å². The Morgan fingerprint density at radius 1 is 1.19 bits per heavy atom. The number of carbonyl (C=O) groups is 1. The molecule has 0 radical (unpaired) electrons. The second-order valence-electron chi connectivity index (χ2n) is 6.14. The van der Waals surface area contributed by atoms with Crippen molar-refractivity contribution < 1.29 is 9.18 Å². The van der Waals surface area contributed by atoms with Crippen LogP contribution in [0.2, 0.25) is 0 Å². The summed E-state index contributed by atoms with van der Waals surface area (Å²) in [5.74, 6) is 0.628. The molecular weight excluding hydrogens is 333 g/mol. The molecule has 6 nitrogen and oxygen atoms in total. The number of benzene rings is 1. The van der Waals surface area contributed by atoms with E-state index < -0.39 is 0 Å². The SMILES string of the molecule is Cc1nc(-c2cnccn2)nc2c1CCC(=O)N2Cc1cccc(F)c1. The predicted octanol–water partition coefficient (Wildman–Crippen LogP) is 2.86. The van der Waals surface area contributed by atoms with Crippen LogP contribution in [0.3, 0.4) is 0 Å². The van der Waals surface area contributed by atoms with Crippen molar-refractivity contribution in [3.8, 4) is 11.5 Å². The van der Waals surface area contributed by atoms with Gasteiger partial charge in [-0.1, -0.05) is 12.1 Å². The fourth-order valence-corrected chi connectivity index (χ4v) is 3.09. The van der Waals surface area contributed by atoms with Crippen molar-refractivity contribution in [3.63, 3.8) is 0 Å². The molecule has 26 heavy (non-hydrogen) atoms. The van der Waals surface area contributed by atoms with Gasteiger partial charge in [0.15, 0.2) is 5.82 Å². The lowest BCUT2D eigenvalue weighted by Crippen LogP contribution is -2.36. The second-order valence-corrected chi connectivity index (χ2v) is 6.14. The number of fused-ring (bicyclic) bond motifs is 1. The number of aromatic nitrogens is 4. The fraction of sp³-hybridized carbons (Fsp3) is 0.211. The molecule has 0 fully saturated rings. The highest BCUT2D eigenvalue weighted by Crippen LogP contribution is 2.31. The van der Waals surface area contributed by atoms with Crippen LogP contribution < -0.4 is 4.90 Å². The summed E-state index contributed by atoms with van der Waals surface area (Å²) in [4.78, 5) is 31.6. The van der Waals surface area contributed by atoms with Crippen molar-refractivity contribution in [1.82, 2.24) is 19.9 Å². The topological polar surface area (TPSA) is 71.9 Å². The van der Waals surface area contributed by atoms with Crippen LogP contribution in [0, 0.1) is 12.7 Å². The Hall–Kier alpha value is -3.22. The van der Waals surface area contributed by atoms with E-state index >= 15 is 0 Å². The first-order chi connectivity index (χ1) is 12.6. The van der Waals surface area contributed by atoms with Gasteiger partial charge in [0.2, 0.25) is 5.91 Å². The van der Waals surface area contributed by atoms with Gasteiger partial charge >= 0.3 is 0 Å². The van der Waals surface area contributed by atoms with Gasteiger partial charge < -0.3 is 0 Å². The smallest absolute Gasteiger partial charge is 0.228 e. The molecule has 2 aromatic heterocycles. The van der Waals surface area contributed by atoms with Gasteiger partial charge in [0.05, 0.1) is 12.7 Å². The molecule has 0 aliphatic carbocycles. The third kappa shape index (κ3) is 3.03. The second kappa shape index (κ2) is 6.59. The zero-order valence-corrected chi connectivity index (χ0v) is 14.2. The minimum Gasteiger partial charge on any atom is -0.292 e. The molecule has 7 heteroatoms. The van der Waals surface area contributed by atoms with E-state index in [2.05, 4.69) is 19.9 Å². The molecular formula is C19H16FN5O. The van der Waals surface area contributed by atoms with Crippen LogP contribution in [0.1, 0.15) is 23.2 Å². The van der Waals surface area contributed by atoms with E-state index in [1.807, 2.05) is 6.92 Å². The number of anilines is 1. The largest absolute Gasteiger partial charge is 0.292 e. The third-order valence-electron chi connectivity index (χ3n) is 4.36. The standard InChI is InChI=1S/C19H16FN5O/c1-12-15-5-6-17(26)25(11-13-3-2-4-14(20)9-13)19(15)24-18(23-12)16-10-21-7-8-22-16/h2-4,7-10H,5-6,11H2,1H3. The van der Waals surface area contributed by atoms with Gasteiger partial charge in [0.1, 0.15) is 17.3 Å². The maximum atomic E-state index is 13.5. The van der Waals surface area contributed by atoms with Crippen LogP contribution in [0.5, 0.6) is 0 Å². The molecule has 0 saturated carbocycles. The predicted molar refractivity (Wildman–Crippen MR) is 93.7 cm³/mol.